The van der Waals surface area contributed by atoms with E-state index in [0.717, 1.165) is 29.5 Å². The molecule has 0 saturated carbocycles. The molecule has 0 saturated heterocycles. The van der Waals surface area contributed by atoms with Gasteiger partial charge in [-0.3, -0.25) is 10.4 Å². The fourth-order valence-electron chi connectivity index (χ4n) is 1.92. The van der Waals surface area contributed by atoms with E-state index in [4.69, 9.17) is 17.3 Å². The predicted molar refractivity (Wildman–Crippen MR) is 72.7 cm³/mol. The fourth-order valence-corrected chi connectivity index (χ4v) is 2.05. The van der Waals surface area contributed by atoms with Gasteiger partial charge in [0.15, 0.2) is 0 Å². The highest BCUT2D eigenvalue weighted by atomic mass is 35.5. The van der Waals surface area contributed by atoms with Gasteiger partial charge >= 0.3 is 0 Å². The molecule has 1 heterocycles. The highest BCUT2D eigenvalue weighted by molar-refractivity contribution is 6.30. The van der Waals surface area contributed by atoms with Crippen molar-refractivity contribution in [3.05, 3.63) is 40.7 Å². The van der Waals surface area contributed by atoms with E-state index in [1.807, 2.05) is 24.3 Å². The first-order chi connectivity index (χ1) is 8.20. The first kappa shape index (κ1) is 12.1. The standard InChI is InChI=1S/C13H18ClN3/c1-2-3-4-10-9-17(16-13(10)15)12-7-5-11(14)6-8-12/h5-8,16H,2-4,9,15H2,1H3. The van der Waals surface area contributed by atoms with E-state index in [0.29, 0.717) is 0 Å². The van der Waals surface area contributed by atoms with E-state index >= 15 is 0 Å². The van der Waals surface area contributed by atoms with Crippen LogP contribution in [0, 0.1) is 0 Å². The van der Waals surface area contributed by atoms with E-state index in [2.05, 4.69) is 17.4 Å². The molecule has 0 fully saturated rings. The molecule has 0 radical (unpaired) electrons. The summed E-state index contributed by atoms with van der Waals surface area (Å²) in [7, 11) is 0. The van der Waals surface area contributed by atoms with Crippen molar-refractivity contribution < 1.29 is 0 Å². The Morgan fingerprint density at radius 2 is 2.06 bits per heavy atom. The summed E-state index contributed by atoms with van der Waals surface area (Å²) in [6.45, 7) is 3.05. The number of hydrogen-bond acceptors (Lipinski definition) is 3. The number of unbranched alkanes of at least 4 members (excludes halogenated alkanes) is 1. The number of halogens is 1. The number of hydrazine groups is 1. The Morgan fingerprint density at radius 1 is 1.35 bits per heavy atom. The minimum Gasteiger partial charge on any atom is -0.384 e. The van der Waals surface area contributed by atoms with Crippen LogP contribution in [0.1, 0.15) is 26.2 Å². The van der Waals surface area contributed by atoms with Crippen molar-refractivity contribution in [3.63, 3.8) is 0 Å². The number of nitrogens with two attached hydrogens (primary N) is 1. The van der Waals surface area contributed by atoms with Gasteiger partial charge in [-0.2, -0.15) is 0 Å². The maximum Gasteiger partial charge on any atom is 0.116 e. The van der Waals surface area contributed by atoms with Gasteiger partial charge in [0.2, 0.25) is 0 Å². The lowest BCUT2D eigenvalue weighted by molar-refractivity contribution is 0.768. The molecule has 0 atom stereocenters. The van der Waals surface area contributed by atoms with Crippen molar-refractivity contribution in [2.24, 2.45) is 5.73 Å². The van der Waals surface area contributed by atoms with Crippen molar-refractivity contribution >= 4 is 17.3 Å². The molecule has 3 nitrogen and oxygen atoms in total. The Kier molecular flexibility index (Phi) is 3.79. The van der Waals surface area contributed by atoms with E-state index in [1.54, 1.807) is 0 Å². The average molecular weight is 252 g/mol. The summed E-state index contributed by atoms with van der Waals surface area (Å²) in [5.74, 6) is 0.799. The first-order valence-corrected chi connectivity index (χ1v) is 6.35. The predicted octanol–water partition coefficient (Wildman–Crippen LogP) is 3.03. The number of nitrogens with zero attached hydrogens (tertiary/aromatic N) is 1. The van der Waals surface area contributed by atoms with Gasteiger partial charge < -0.3 is 5.73 Å². The lowest BCUT2D eigenvalue weighted by atomic mass is 10.1. The fraction of sp³-hybridized carbons (Fsp3) is 0.385. The van der Waals surface area contributed by atoms with Crippen LogP contribution < -0.4 is 16.2 Å². The lowest BCUT2D eigenvalue weighted by Crippen LogP contribution is -2.33. The average Bonchev–Trinajstić information content (AvgIpc) is 2.69. The zero-order valence-electron chi connectivity index (χ0n) is 10.0. The minimum atomic E-state index is 0.750. The molecule has 2 rings (SSSR count). The minimum absolute atomic E-state index is 0.750. The van der Waals surface area contributed by atoms with E-state index < -0.39 is 0 Å². The molecule has 0 spiro atoms. The van der Waals surface area contributed by atoms with Gasteiger partial charge in [0.1, 0.15) is 5.82 Å². The third kappa shape index (κ3) is 2.86. The molecular weight excluding hydrogens is 234 g/mol. The Balaban J connectivity index is 2.01. The number of hydrogen-bond donors (Lipinski definition) is 2. The zero-order chi connectivity index (χ0) is 12.3. The number of benzene rings is 1. The second kappa shape index (κ2) is 5.32. The molecule has 1 aliphatic heterocycles. The SMILES string of the molecule is CCCCC1=C(N)NN(c2ccc(Cl)cc2)C1. The second-order valence-corrected chi connectivity index (χ2v) is 4.73. The van der Waals surface area contributed by atoms with Crippen LogP contribution in [0.3, 0.4) is 0 Å². The van der Waals surface area contributed by atoms with Crippen molar-refractivity contribution in [3.8, 4) is 0 Å². The van der Waals surface area contributed by atoms with Gasteiger partial charge in [0, 0.05) is 5.02 Å². The molecule has 0 amide bonds. The van der Waals surface area contributed by atoms with Gasteiger partial charge in [-0.1, -0.05) is 24.9 Å². The van der Waals surface area contributed by atoms with Crippen LogP contribution in [0.25, 0.3) is 0 Å². The largest absolute Gasteiger partial charge is 0.384 e. The Morgan fingerprint density at radius 3 is 2.71 bits per heavy atom. The smallest absolute Gasteiger partial charge is 0.116 e. The summed E-state index contributed by atoms with van der Waals surface area (Å²) >= 11 is 5.87. The van der Waals surface area contributed by atoms with Crippen molar-refractivity contribution in [2.75, 3.05) is 11.6 Å². The van der Waals surface area contributed by atoms with Crippen LogP contribution in [-0.2, 0) is 0 Å². The molecule has 3 N–H and O–H groups in total. The van der Waals surface area contributed by atoms with Crippen molar-refractivity contribution in [2.45, 2.75) is 26.2 Å². The van der Waals surface area contributed by atoms with Gasteiger partial charge in [-0.15, -0.1) is 0 Å². The maximum atomic E-state index is 5.98. The normalized spacial score (nSPS) is 15.3. The molecule has 0 bridgehead atoms. The molecule has 4 heteroatoms. The molecule has 0 unspecified atom stereocenters. The topological polar surface area (TPSA) is 41.3 Å². The summed E-state index contributed by atoms with van der Waals surface area (Å²) in [5, 5.41) is 2.80. The van der Waals surface area contributed by atoms with Crippen LogP contribution >= 0.6 is 11.6 Å². The number of anilines is 1. The summed E-state index contributed by atoms with van der Waals surface area (Å²) in [6, 6.07) is 7.76. The van der Waals surface area contributed by atoms with Crippen LogP contribution in [0.4, 0.5) is 5.69 Å². The molecule has 1 aliphatic rings. The Bertz CT molecular complexity index is 411. The summed E-state index contributed by atoms with van der Waals surface area (Å²) in [5.41, 5.74) is 11.6. The quantitative estimate of drug-likeness (QED) is 0.864. The summed E-state index contributed by atoms with van der Waals surface area (Å²) in [4.78, 5) is 0. The monoisotopic (exact) mass is 251 g/mol. The highest BCUT2D eigenvalue weighted by Crippen LogP contribution is 2.23. The van der Waals surface area contributed by atoms with Crippen LogP contribution in [0.2, 0.25) is 5.02 Å². The highest BCUT2D eigenvalue weighted by Gasteiger charge is 2.19. The van der Waals surface area contributed by atoms with Gasteiger partial charge in [-0.05, 0) is 42.7 Å². The second-order valence-electron chi connectivity index (χ2n) is 4.30. The maximum absolute atomic E-state index is 5.98. The van der Waals surface area contributed by atoms with E-state index in [1.165, 1.54) is 18.4 Å². The van der Waals surface area contributed by atoms with Gasteiger partial charge in [-0.25, -0.2) is 0 Å². The molecule has 92 valence electrons. The Labute approximate surface area is 107 Å². The van der Waals surface area contributed by atoms with Crippen molar-refractivity contribution in [1.82, 2.24) is 5.43 Å². The molecule has 1 aromatic rings. The van der Waals surface area contributed by atoms with E-state index in [9.17, 15) is 0 Å². The van der Waals surface area contributed by atoms with Gasteiger partial charge in [0.05, 0.1) is 12.2 Å². The van der Waals surface area contributed by atoms with Gasteiger partial charge in [0.25, 0.3) is 0 Å². The molecule has 0 aromatic heterocycles. The summed E-state index contributed by atoms with van der Waals surface area (Å²) in [6.07, 6.45) is 3.45. The summed E-state index contributed by atoms with van der Waals surface area (Å²) < 4.78 is 0. The third-order valence-electron chi connectivity index (χ3n) is 2.96. The zero-order valence-corrected chi connectivity index (χ0v) is 10.8. The first-order valence-electron chi connectivity index (χ1n) is 5.98. The molecule has 17 heavy (non-hydrogen) atoms. The number of rotatable bonds is 4. The Hall–Kier alpha value is -1.35. The molecule has 0 aliphatic carbocycles. The van der Waals surface area contributed by atoms with Crippen LogP contribution in [-0.4, -0.2) is 6.54 Å². The lowest BCUT2D eigenvalue weighted by Gasteiger charge is -2.19. The molecule has 1 aromatic carbocycles. The third-order valence-corrected chi connectivity index (χ3v) is 3.21. The van der Waals surface area contributed by atoms with Crippen LogP contribution in [0.5, 0.6) is 0 Å². The molecular formula is C13H18ClN3. The van der Waals surface area contributed by atoms with Crippen molar-refractivity contribution in [1.29, 1.82) is 0 Å². The van der Waals surface area contributed by atoms with E-state index in [-0.39, 0.29) is 0 Å². The van der Waals surface area contributed by atoms with Crippen LogP contribution in [0.15, 0.2) is 35.7 Å². The number of nitrogens with one attached hydrogen (secondary N) is 1.